The zero-order valence-corrected chi connectivity index (χ0v) is 12.0. The van der Waals surface area contributed by atoms with Crippen LogP contribution in [0.15, 0.2) is 24.3 Å². The first-order valence-corrected chi connectivity index (χ1v) is 7.14. The summed E-state index contributed by atoms with van der Waals surface area (Å²) in [6.45, 7) is 7.57. The molecule has 1 heterocycles. The molecule has 0 aromatic rings. The number of ketones is 1. The predicted molar refractivity (Wildman–Crippen MR) is 75.7 cm³/mol. The van der Waals surface area contributed by atoms with Gasteiger partial charge in [0.2, 0.25) is 0 Å². The molecule has 1 rings (SSSR count). The number of cyclic esters (lactones) is 1. The standard InChI is InChI=1S/C16H24O3/c1-4-5-6-7-8-9-14(12(2)13(3)17)15-10-11-16(18)19-15/h10-11,14-15H,2,4-9H2,1,3H3/t14-,15+/m1/s1. The Hall–Kier alpha value is -1.38. The first kappa shape index (κ1) is 15.7. The number of Topliss-reactive ketones (excluding diaryl/α,β-unsaturated/α-hetero) is 1. The monoisotopic (exact) mass is 264 g/mol. The molecule has 0 fully saturated rings. The van der Waals surface area contributed by atoms with Gasteiger partial charge in [0.1, 0.15) is 6.10 Å². The molecule has 2 atom stereocenters. The summed E-state index contributed by atoms with van der Waals surface area (Å²) in [5.41, 5.74) is 0.569. The number of unbranched alkanes of at least 4 members (excludes halogenated alkanes) is 4. The largest absolute Gasteiger partial charge is 0.454 e. The Morgan fingerprint density at radius 2 is 2.05 bits per heavy atom. The molecule has 1 aliphatic heterocycles. The van der Waals surface area contributed by atoms with E-state index in [2.05, 4.69) is 13.5 Å². The van der Waals surface area contributed by atoms with Gasteiger partial charge in [0.25, 0.3) is 0 Å². The second-order valence-electron chi connectivity index (χ2n) is 5.15. The fraction of sp³-hybridized carbons (Fsp3) is 0.625. The van der Waals surface area contributed by atoms with Gasteiger partial charge in [0.05, 0.1) is 0 Å². The lowest BCUT2D eigenvalue weighted by atomic mass is 9.87. The van der Waals surface area contributed by atoms with Crippen LogP contribution in [0.4, 0.5) is 0 Å². The smallest absolute Gasteiger partial charge is 0.331 e. The second kappa shape index (κ2) is 7.93. The lowest BCUT2D eigenvalue weighted by Gasteiger charge is -2.22. The van der Waals surface area contributed by atoms with Gasteiger partial charge in [0.15, 0.2) is 5.78 Å². The number of rotatable bonds is 9. The van der Waals surface area contributed by atoms with Crippen molar-refractivity contribution in [3.05, 3.63) is 24.3 Å². The van der Waals surface area contributed by atoms with E-state index in [4.69, 9.17) is 4.74 Å². The SMILES string of the molecule is C=C(C(C)=O)[C@@H](CCCCCCC)[C@@H]1C=CC(=O)O1. The maximum Gasteiger partial charge on any atom is 0.331 e. The molecule has 0 saturated carbocycles. The number of esters is 1. The molecule has 0 saturated heterocycles. The van der Waals surface area contributed by atoms with Crippen LogP contribution in [0.1, 0.15) is 52.4 Å². The number of carbonyl (C=O) groups is 2. The number of hydrogen-bond donors (Lipinski definition) is 0. The highest BCUT2D eigenvalue weighted by molar-refractivity contribution is 5.93. The summed E-state index contributed by atoms with van der Waals surface area (Å²) in [6, 6.07) is 0. The number of carbonyl (C=O) groups excluding carboxylic acids is 2. The Kier molecular flexibility index (Phi) is 6.54. The van der Waals surface area contributed by atoms with Crippen LogP contribution in [0.5, 0.6) is 0 Å². The topological polar surface area (TPSA) is 43.4 Å². The zero-order chi connectivity index (χ0) is 14.3. The Balaban J connectivity index is 2.51. The Morgan fingerprint density at radius 3 is 2.58 bits per heavy atom. The van der Waals surface area contributed by atoms with E-state index >= 15 is 0 Å². The average molecular weight is 264 g/mol. The maximum atomic E-state index is 11.5. The van der Waals surface area contributed by atoms with E-state index in [1.165, 1.54) is 32.3 Å². The highest BCUT2D eigenvalue weighted by Crippen LogP contribution is 2.27. The molecule has 0 N–H and O–H groups in total. The van der Waals surface area contributed by atoms with Gasteiger partial charge in [-0.1, -0.05) is 45.6 Å². The van der Waals surface area contributed by atoms with E-state index in [0.717, 1.165) is 19.3 Å². The third-order valence-electron chi connectivity index (χ3n) is 3.59. The summed E-state index contributed by atoms with van der Waals surface area (Å²) < 4.78 is 5.21. The average Bonchev–Trinajstić information content (AvgIpc) is 2.79. The summed E-state index contributed by atoms with van der Waals surface area (Å²) >= 11 is 0. The summed E-state index contributed by atoms with van der Waals surface area (Å²) in [7, 11) is 0. The minimum absolute atomic E-state index is 0.0186. The molecule has 0 aliphatic carbocycles. The first-order valence-electron chi connectivity index (χ1n) is 7.14. The van der Waals surface area contributed by atoms with Crippen LogP contribution in [0.3, 0.4) is 0 Å². The molecule has 19 heavy (non-hydrogen) atoms. The van der Waals surface area contributed by atoms with Gasteiger partial charge in [0, 0.05) is 12.0 Å². The van der Waals surface area contributed by atoms with Crippen LogP contribution in [-0.4, -0.2) is 17.9 Å². The van der Waals surface area contributed by atoms with E-state index in [0.29, 0.717) is 5.57 Å². The van der Waals surface area contributed by atoms with Gasteiger partial charge in [-0.15, -0.1) is 0 Å². The third-order valence-corrected chi connectivity index (χ3v) is 3.59. The van der Waals surface area contributed by atoms with E-state index in [1.54, 1.807) is 6.08 Å². The van der Waals surface area contributed by atoms with Gasteiger partial charge in [-0.05, 0) is 25.0 Å². The van der Waals surface area contributed by atoms with Crippen molar-refractivity contribution in [1.29, 1.82) is 0 Å². The van der Waals surface area contributed by atoms with Crippen LogP contribution >= 0.6 is 0 Å². The first-order chi connectivity index (χ1) is 9.06. The molecule has 1 aliphatic rings. The molecular formula is C16H24O3. The molecule has 0 amide bonds. The maximum absolute atomic E-state index is 11.5. The van der Waals surface area contributed by atoms with Crippen molar-refractivity contribution in [3.8, 4) is 0 Å². The molecular weight excluding hydrogens is 240 g/mol. The van der Waals surface area contributed by atoms with Crippen LogP contribution in [0.25, 0.3) is 0 Å². The highest BCUT2D eigenvalue weighted by Gasteiger charge is 2.29. The number of hydrogen-bond acceptors (Lipinski definition) is 3. The van der Waals surface area contributed by atoms with Gasteiger partial charge < -0.3 is 4.74 Å². The molecule has 3 heteroatoms. The lowest BCUT2D eigenvalue weighted by Crippen LogP contribution is -2.24. The zero-order valence-electron chi connectivity index (χ0n) is 12.0. The Labute approximate surface area is 115 Å². The summed E-state index contributed by atoms with van der Waals surface area (Å²) in [5.74, 6) is -0.408. The van der Waals surface area contributed by atoms with Crippen molar-refractivity contribution in [2.24, 2.45) is 5.92 Å². The lowest BCUT2D eigenvalue weighted by molar-refractivity contribution is -0.140. The van der Waals surface area contributed by atoms with Crippen LogP contribution < -0.4 is 0 Å². The minimum Gasteiger partial charge on any atom is -0.454 e. The van der Waals surface area contributed by atoms with Gasteiger partial charge in [-0.2, -0.15) is 0 Å². The molecule has 106 valence electrons. The van der Waals surface area contributed by atoms with Crippen molar-refractivity contribution < 1.29 is 14.3 Å². The molecule has 0 radical (unpaired) electrons. The van der Waals surface area contributed by atoms with Crippen molar-refractivity contribution >= 4 is 11.8 Å². The fourth-order valence-corrected chi connectivity index (χ4v) is 2.37. The van der Waals surface area contributed by atoms with Crippen LogP contribution in [0, 0.1) is 5.92 Å². The summed E-state index contributed by atoms with van der Waals surface area (Å²) in [4.78, 5) is 22.6. The van der Waals surface area contributed by atoms with Crippen LogP contribution in [0.2, 0.25) is 0 Å². The number of ether oxygens (including phenoxy) is 1. The Morgan fingerprint density at radius 1 is 1.37 bits per heavy atom. The Bertz CT molecular complexity index is 368. The second-order valence-corrected chi connectivity index (χ2v) is 5.15. The third kappa shape index (κ3) is 5.01. The van der Waals surface area contributed by atoms with E-state index in [-0.39, 0.29) is 23.8 Å². The van der Waals surface area contributed by atoms with Gasteiger partial charge >= 0.3 is 5.97 Å². The van der Waals surface area contributed by atoms with Crippen molar-refractivity contribution in [3.63, 3.8) is 0 Å². The predicted octanol–water partition coefficient (Wildman–Crippen LogP) is 3.59. The van der Waals surface area contributed by atoms with Crippen molar-refractivity contribution in [2.45, 2.75) is 58.5 Å². The molecule has 0 bridgehead atoms. The quantitative estimate of drug-likeness (QED) is 0.363. The molecule has 0 spiro atoms. The minimum atomic E-state index is -0.322. The van der Waals surface area contributed by atoms with Crippen LogP contribution in [-0.2, 0) is 14.3 Å². The molecule has 0 aromatic heterocycles. The summed E-state index contributed by atoms with van der Waals surface area (Å²) in [6.07, 6.45) is 9.59. The van der Waals surface area contributed by atoms with Crippen molar-refractivity contribution in [2.75, 3.05) is 0 Å². The molecule has 3 nitrogen and oxygen atoms in total. The fourth-order valence-electron chi connectivity index (χ4n) is 2.37. The van der Waals surface area contributed by atoms with Crippen molar-refractivity contribution in [1.82, 2.24) is 0 Å². The van der Waals surface area contributed by atoms with Gasteiger partial charge in [-0.3, -0.25) is 4.79 Å². The van der Waals surface area contributed by atoms with Gasteiger partial charge in [-0.25, -0.2) is 4.79 Å². The van der Waals surface area contributed by atoms with E-state index < -0.39 is 0 Å². The molecule has 0 aromatic carbocycles. The highest BCUT2D eigenvalue weighted by atomic mass is 16.5. The molecule has 0 unspecified atom stereocenters. The van der Waals surface area contributed by atoms with E-state index in [9.17, 15) is 9.59 Å². The van der Waals surface area contributed by atoms with E-state index in [1.807, 2.05) is 0 Å². The normalized spacial score (nSPS) is 19.3. The summed E-state index contributed by atoms with van der Waals surface area (Å²) in [5, 5.41) is 0.